The largest absolute Gasteiger partial charge is 0.383 e. The number of nitrogens with zero attached hydrogens (tertiary/aromatic N) is 4. The smallest absolute Gasteiger partial charge is 0.142 e. The molecule has 0 radical (unpaired) electrons. The van der Waals surface area contributed by atoms with Crippen LogP contribution in [0.5, 0.6) is 0 Å². The quantitative estimate of drug-likeness (QED) is 0.774. The van der Waals surface area contributed by atoms with Crippen LogP contribution in [0.3, 0.4) is 0 Å². The van der Waals surface area contributed by atoms with E-state index in [2.05, 4.69) is 34.1 Å². The van der Waals surface area contributed by atoms with Crippen molar-refractivity contribution in [2.45, 2.75) is 13.0 Å². The van der Waals surface area contributed by atoms with E-state index in [1.54, 1.807) is 6.20 Å². The Labute approximate surface area is 152 Å². The second kappa shape index (κ2) is 6.58. The zero-order valence-electron chi connectivity index (χ0n) is 14.6. The van der Waals surface area contributed by atoms with E-state index in [0.717, 1.165) is 53.2 Å². The summed E-state index contributed by atoms with van der Waals surface area (Å²) >= 11 is 0. The summed E-state index contributed by atoms with van der Waals surface area (Å²) in [6.07, 6.45) is 2.62. The molecule has 1 aliphatic heterocycles. The summed E-state index contributed by atoms with van der Waals surface area (Å²) in [6.45, 7) is 1.71. The molecule has 3 aromatic rings. The molecule has 0 atom stereocenters. The maximum absolute atomic E-state index is 9.72. The van der Waals surface area contributed by atoms with Gasteiger partial charge < -0.3 is 10.6 Å². The number of pyridine rings is 2. The molecule has 0 aliphatic carbocycles. The van der Waals surface area contributed by atoms with Gasteiger partial charge in [0.2, 0.25) is 0 Å². The first kappa shape index (κ1) is 16.2. The topological polar surface area (TPSA) is 78.8 Å². The normalized spacial score (nSPS) is 13.8. The molecule has 0 amide bonds. The van der Waals surface area contributed by atoms with Crippen LogP contribution in [0.2, 0.25) is 0 Å². The number of aromatic nitrogens is 2. The lowest BCUT2D eigenvalue weighted by Crippen LogP contribution is -2.28. The predicted molar refractivity (Wildman–Crippen MR) is 102 cm³/mol. The van der Waals surface area contributed by atoms with Gasteiger partial charge in [-0.25, -0.2) is 4.98 Å². The van der Waals surface area contributed by atoms with Crippen molar-refractivity contribution in [2.75, 3.05) is 19.3 Å². The van der Waals surface area contributed by atoms with Crippen LogP contribution >= 0.6 is 0 Å². The highest BCUT2D eigenvalue weighted by Crippen LogP contribution is 2.36. The Hall–Kier alpha value is -3.23. The molecule has 1 aromatic carbocycles. The summed E-state index contributed by atoms with van der Waals surface area (Å²) in [5.41, 5.74) is 12.5. The van der Waals surface area contributed by atoms with E-state index < -0.39 is 0 Å². The van der Waals surface area contributed by atoms with Crippen molar-refractivity contribution in [1.29, 1.82) is 5.26 Å². The fourth-order valence-electron chi connectivity index (χ4n) is 3.51. The minimum atomic E-state index is 0.314. The fraction of sp³-hybridized carbons (Fsp3) is 0.190. The van der Waals surface area contributed by atoms with Gasteiger partial charge in [-0.2, -0.15) is 5.26 Å². The van der Waals surface area contributed by atoms with Crippen molar-refractivity contribution in [3.8, 4) is 28.5 Å². The van der Waals surface area contributed by atoms with Crippen LogP contribution in [0.15, 0.2) is 48.7 Å². The van der Waals surface area contributed by atoms with E-state index in [0.29, 0.717) is 11.4 Å². The Bertz CT molecular complexity index is 1000. The zero-order valence-corrected chi connectivity index (χ0v) is 14.6. The van der Waals surface area contributed by atoms with E-state index in [-0.39, 0.29) is 0 Å². The molecule has 3 heterocycles. The maximum Gasteiger partial charge on any atom is 0.142 e. The highest BCUT2D eigenvalue weighted by atomic mass is 15.1. The lowest BCUT2D eigenvalue weighted by molar-refractivity contribution is 0.310. The van der Waals surface area contributed by atoms with Crippen molar-refractivity contribution >= 4 is 5.82 Å². The molecule has 0 spiro atoms. The molecule has 4 rings (SSSR count). The molecule has 26 heavy (non-hydrogen) atoms. The lowest BCUT2D eigenvalue weighted by atomic mass is 9.90. The number of nitrogens with two attached hydrogens (primary N) is 1. The lowest BCUT2D eigenvalue weighted by Gasteiger charge is -2.27. The van der Waals surface area contributed by atoms with Crippen molar-refractivity contribution < 1.29 is 0 Å². The van der Waals surface area contributed by atoms with Crippen molar-refractivity contribution in [3.63, 3.8) is 0 Å². The minimum absolute atomic E-state index is 0.314. The maximum atomic E-state index is 9.72. The number of fused-ring (bicyclic) bond motifs is 1. The third-order valence-corrected chi connectivity index (χ3v) is 4.79. The SMILES string of the molecule is CN1CCc2nc(N)c(C#N)c(-c3cccc(-c4ccccn4)c3)c2C1. The van der Waals surface area contributed by atoms with Gasteiger partial charge in [0.05, 0.1) is 5.69 Å². The molecular formula is C21H19N5. The molecule has 1 aliphatic rings. The summed E-state index contributed by atoms with van der Waals surface area (Å²) in [6, 6.07) is 16.2. The first-order valence-corrected chi connectivity index (χ1v) is 8.59. The van der Waals surface area contributed by atoms with Gasteiger partial charge in [-0.1, -0.05) is 24.3 Å². The van der Waals surface area contributed by atoms with E-state index >= 15 is 0 Å². The van der Waals surface area contributed by atoms with Crippen LogP contribution in [0.4, 0.5) is 5.82 Å². The molecule has 2 N–H and O–H groups in total. The summed E-state index contributed by atoms with van der Waals surface area (Å²) < 4.78 is 0. The van der Waals surface area contributed by atoms with E-state index in [1.165, 1.54) is 0 Å². The summed E-state index contributed by atoms with van der Waals surface area (Å²) in [4.78, 5) is 11.2. The Kier molecular flexibility index (Phi) is 4.11. The Balaban J connectivity index is 1.94. The molecule has 0 unspecified atom stereocenters. The number of hydrogen-bond acceptors (Lipinski definition) is 5. The molecule has 5 heteroatoms. The zero-order chi connectivity index (χ0) is 18.1. The number of likely N-dealkylation sites (N-methyl/N-ethyl adjacent to an activating group) is 1. The monoisotopic (exact) mass is 341 g/mol. The van der Waals surface area contributed by atoms with Gasteiger partial charge in [-0.3, -0.25) is 4.98 Å². The average molecular weight is 341 g/mol. The Morgan fingerprint density at radius 3 is 2.77 bits per heavy atom. The number of anilines is 1. The van der Waals surface area contributed by atoms with Crippen LogP contribution in [0, 0.1) is 11.3 Å². The molecular weight excluding hydrogens is 322 g/mol. The number of rotatable bonds is 2. The van der Waals surface area contributed by atoms with Crippen LogP contribution in [-0.4, -0.2) is 28.5 Å². The van der Waals surface area contributed by atoms with Gasteiger partial charge in [0, 0.05) is 42.5 Å². The van der Waals surface area contributed by atoms with Crippen LogP contribution in [-0.2, 0) is 13.0 Å². The van der Waals surface area contributed by atoms with E-state index in [1.807, 2.05) is 36.4 Å². The molecule has 0 bridgehead atoms. The molecule has 2 aromatic heterocycles. The summed E-state index contributed by atoms with van der Waals surface area (Å²) in [7, 11) is 2.08. The molecule has 0 saturated heterocycles. The molecule has 5 nitrogen and oxygen atoms in total. The second-order valence-electron chi connectivity index (χ2n) is 6.57. The van der Waals surface area contributed by atoms with Crippen LogP contribution < -0.4 is 5.73 Å². The summed E-state index contributed by atoms with van der Waals surface area (Å²) in [5.74, 6) is 0.314. The third kappa shape index (κ3) is 2.81. The first-order valence-electron chi connectivity index (χ1n) is 8.59. The van der Waals surface area contributed by atoms with Crippen molar-refractivity contribution in [3.05, 3.63) is 65.5 Å². The highest BCUT2D eigenvalue weighted by molar-refractivity contribution is 5.81. The number of nitrogen functional groups attached to an aromatic ring is 1. The molecule has 128 valence electrons. The van der Waals surface area contributed by atoms with Crippen molar-refractivity contribution in [2.24, 2.45) is 0 Å². The number of hydrogen-bond donors (Lipinski definition) is 1. The van der Waals surface area contributed by atoms with Gasteiger partial charge in [-0.05, 0) is 36.4 Å². The Morgan fingerprint density at radius 2 is 2.00 bits per heavy atom. The number of benzene rings is 1. The second-order valence-corrected chi connectivity index (χ2v) is 6.57. The van der Waals surface area contributed by atoms with E-state index in [9.17, 15) is 5.26 Å². The van der Waals surface area contributed by atoms with Gasteiger partial charge in [-0.15, -0.1) is 0 Å². The van der Waals surface area contributed by atoms with Gasteiger partial charge in [0.25, 0.3) is 0 Å². The third-order valence-electron chi connectivity index (χ3n) is 4.79. The highest BCUT2D eigenvalue weighted by Gasteiger charge is 2.24. The van der Waals surface area contributed by atoms with E-state index in [4.69, 9.17) is 5.73 Å². The summed E-state index contributed by atoms with van der Waals surface area (Å²) in [5, 5.41) is 9.72. The average Bonchev–Trinajstić information content (AvgIpc) is 2.68. The standard InChI is InChI=1S/C21H19N5/c1-26-10-8-19-17(13-26)20(16(12-22)21(23)25-19)15-6-4-5-14(11-15)18-7-2-3-9-24-18/h2-7,9,11H,8,10,13H2,1H3,(H2,23,25). The van der Waals surface area contributed by atoms with Gasteiger partial charge in [0.15, 0.2) is 0 Å². The van der Waals surface area contributed by atoms with Gasteiger partial charge in [0.1, 0.15) is 17.5 Å². The molecule has 0 fully saturated rings. The van der Waals surface area contributed by atoms with Crippen LogP contribution in [0.1, 0.15) is 16.8 Å². The first-order chi connectivity index (χ1) is 12.7. The molecule has 0 saturated carbocycles. The van der Waals surface area contributed by atoms with Crippen molar-refractivity contribution in [1.82, 2.24) is 14.9 Å². The minimum Gasteiger partial charge on any atom is -0.383 e. The fourth-order valence-corrected chi connectivity index (χ4v) is 3.51. The Morgan fingerprint density at radius 1 is 1.15 bits per heavy atom. The number of nitriles is 1. The van der Waals surface area contributed by atoms with Crippen LogP contribution in [0.25, 0.3) is 22.4 Å². The van der Waals surface area contributed by atoms with Gasteiger partial charge >= 0.3 is 0 Å². The predicted octanol–water partition coefficient (Wildman–Crippen LogP) is 3.25.